The second kappa shape index (κ2) is 6.58. The van der Waals surface area contributed by atoms with Crippen LogP contribution in [0, 0.1) is 0 Å². The summed E-state index contributed by atoms with van der Waals surface area (Å²) in [6, 6.07) is 4.56. The van der Waals surface area contributed by atoms with Crippen LogP contribution in [-0.2, 0) is 4.79 Å². The van der Waals surface area contributed by atoms with Gasteiger partial charge in [0.25, 0.3) is 0 Å². The molecule has 0 aliphatic carbocycles. The molecule has 0 aromatic heterocycles. The molecule has 0 aliphatic heterocycles. The smallest absolute Gasteiger partial charge is 0.241 e. The van der Waals surface area contributed by atoms with Gasteiger partial charge in [-0.25, -0.2) is 0 Å². The van der Waals surface area contributed by atoms with E-state index >= 15 is 0 Å². The fourth-order valence-corrected chi connectivity index (χ4v) is 1.66. The monoisotopic (exact) mass is 271 g/mol. The number of hydrogen-bond acceptors (Lipinski definition) is 4. The van der Waals surface area contributed by atoms with E-state index in [1.54, 1.807) is 37.1 Å². The van der Waals surface area contributed by atoms with Gasteiger partial charge in [-0.3, -0.25) is 9.69 Å². The summed E-state index contributed by atoms with van der Waals surface area (Å²) in [5, 5.41) is 12.0. The predicted octanol–water partition coefficient (Wildman–Crippen LogP) is 1.17. The second-order valence-corrected chi connectivity index (χ2v) is 4.52. The highest BCUT2D eigenvalue weighted by atomic mass is 35.5. The number of aliphatic hydroxyl groups excluding tert-OH is 1. The first-order chi connectivity index (χ1) is 8.45. The molecule has 1 aromatic rings. The summed E-state index contributed by atoms with van der Waals surface area (Å²) in [6.45, 7) is 2.21. The van der Waals surface area contributed by atoms with Crippen molar-refractivity contribution in [2.45, 2.75) is 13.0 Å². The van der Waals surface area contributed by atoms with Crippen molar-refractivity contribution in [3.05, 3.63) is 23.2 Å². The van der Waals surface area contributed by atoms with Gasteiger partial charge < -0.3 is 16.2 Å². The molecule has 1 amide bonds. The quantitative estimate of drug-likeness (QED) is 0.703. The first kappa shape index (κ1) is 14.8. The molecule has 4 N–H and O–H groups in total. The minimum atomic E-state index is -0.356. The molecule has 1 rings (SSSR count). The topological polar surface area (TPSA) is 78.6 Å². The predicted molar refractivity (Wildman–Crippen MR) is 73.7 cm³/mol. The van der Waals surface area contributed by atoms with Gasteiger partial charge in [-0.1, -0.05) is 11.6 Å². The summed E-state index contributed by atoms with van der Waals surface area (Å²) in [6.07, 6.45) is 0. The number of hydrogen-bond donors (Lipinski definition) is 3. The first-order valence-corrected chi connectivity index (χ1v) is 6.00. The van der Waals surface area contributed by atoms with E-state index in [-0.39, 0.29) is 18.6 Å². The molecule has 5 nitrogen and oxygen atoms in total. The Morgan fingerprint density at radius 1 is 1.61 bits per heavy atom. The van der Waals surface area contributed by atoms with Gasteiger partial charge in [0.2, 0.25) is 5.91 Å². The van der Waals surface area contributed by atoms with Crippen LogP contribution in [0.1, 0.15) is 6.92 Å². The van der Waals surface area contributed by atoms with Gasteiger partial charge in [0.1, 0.15) is 0 Å². The van der Waals surface area contributed by atoms with Crippen molar-refractivity contribution in [1.82, 2.24) is 4.90 Å². The molecule has 0 aliphatic rings. The van der Waals surface area contributed by atoms with Crippen LogP contribution in [-0.4, -0.2) is 42.2 Å². The lowest BCUT2D eigenvalue weighted by molar-refractivity contribution is -0.120. The van der Waals surface area contributed by atoms with Gasteiger partial charge in [0.05, 0.1) is 23.4 Å². The number of nitrogens with one attached hydrogen (secondary N) is 1. The highest BCUT2D eigenvalue weighted by Crippen LogP contribution is 2.24. The zero-order valence-electron chi connectivity index (χ0n) is 10.5. The number of aliphatic hydroxyl groups is 1. The standard InChI is InChI=1S/C12H18ClN3O2/c1-8(16(2)5-6-17)12(18)15-11-4-3-9(14)7-10(11)13/h3-4,7-8,17H,5-6,14H2,1-2H3,(H,15,18). The van der Waals surface area contributed by atoms with E-state index in [0.717, 1.165) is 0 Å². The Labute approximate surface area is 112 Å². The average molecular weight is 272 g/mol. The van der Waals surface area contributed by atoms with Gasteiger partial charge >= 0.3 is 0 Å². The third kappa shape index (κ3) is 3.87. The number of halogens is 1. The molecule has 0 radical (unpaired) electrons. The molecule has 0 saturated heterocycles. The number of carbonyl (C=O) groups excluding carboxylic acids is 1. The molecule has 18 heavy (non-hydrogen) atoms. The van der Waals surface area contributed by atoms with E-state index in [4.69, 9.17) is 22.4 Å². The summed E-state index contributed by atoms with van der Waals surface area (Å²) in [5.41, 5.74) is 6.65. The average Bonchev–Trinajstić information content (AvgIpc) is 2.32. The van der Waals surface area contributed by atoms with Gasteiger partial charge in [0, 0.05) is 12.2 Å². The summed E-state index contributed by atoms with van der Waals surface area (Å²) in [5.74, 6) is -0.183. The Hall–Kier alpha value is -1.30. The Kier molecular flexibility index (Phi) is 5.40. The van der Waals surface area contributed by atoms with Crippen molar-refractivity contribution in [1.29, 1.82) is 0 Å². The summed E-state index contributed by atoms with van der Waals surface area (Å²) >= 11 is 5.97. The summed E-state index contributed by atoms with van der Waals surface area (Å²) < 4.78 is 0. The molecular weight excluding hydrogens is 254 g/mol. The normalized spacial score (nSPS) is 12.5. The van der Waals surface area contributed by atoms with Gasteiger partial charge in [-0.2, -0.15) is 0 Å². The lowest BCUT2D eigenvalue weighted by Crippen LogP contribution is -2.40. The summed E-state index contributed by atoms with van der Waals surface area (Å²) in [4.78, 5) is 13.7. The van der Waals surface area contributed by atoms with Crippen molar-refractivity contribution in [2.24, 2.45) is 0 Å². The van der Waals surface area contributed by atoms with Crippen molar-refractivity contribution >= 4 is 28.9 Å². The first-order valence-electron chi connectivity index (χ1n) is 5.62. The van der Waals surface area contributed by atoms with E-state index in [1.807, 2.05) is 0 Å². The Morgan fingerprint density at radius 2 is 2.28 bits per heavy atom. The highest BCUT2D eigenvalue weighted by Gasteiger charge is 2.18. The molecule has 0 saturated carbocycles. The van der Waals surface area contributed by atoms with Crippen LogP contribution >= 0.6 is 11.6 Å². The number of nitrogens with two attached hydrogens (primary N) is 1. The van der Waals surface area contributed by atoms with E-state index in [1.165, 1.54) is 0 Å². The fourth-order valence-electron chi connectivity index (χ4n) is 1.42. The third-order valence-corrected chi connectivity index (χ3v) is 3.06. The number of carbonyl (C=O) groups is 1. The SMILES string of the molecule is CC(C(=O)Nc1ccc(N)cc1Cl)N(C)CCO. The molecule has 1 aromatic carbocycles. The van der Waals surface area contributed by atoms with Gasteiger partial charge in [-0.15, -0.1) is 0 Å². The zero-order chi connectivity index (χ0) is 13.7. The molecule has 0 bridgehead atoms. The number of rotatable bonds is 5. The van der Waals surface area contributed by atoms with Gasteiger partial charge in [0.15, 0.2) is 0 Å². The number of nitrogens with zero attached hydrogens (tertiary/aromatic N) is 1. The maximum Gasteiger partial charge on any atom is 0.241 e. The molecule has 100 valence electrons. The van der Waals surface area contributed by atoms with Crippen LogP contribution in [0.5, 0.6) is 0 Å². The molecular formula is C12H18ClN3O2. The Bertz CT molecular complexity index is 426. The van der Waals surface area contributed by atoms with E-state index in [2.05, 4.69) is 5.32 Å². The van der Waals surface area contributed by atoms with Crippen molar-refractivity contribution in [3.63, 3.8) is 0 Å². The van der Waals surface area contributed by atoms with Gasteiger partial charge in [-0.05, 0) is 32.2 Å². The maximum absolute atomic E-state index is 11.9. The van der Waals surface area contributed by atoms with Crippen molar-refractivity contribution < 1.29 is 9.90 Å². The van der Waals surface area contributed by atoms with Crippen molar-refractivity contribution in [2.75, 3.05) is 31.2 Å². The minimum Gasteiger partial charge on any atom is -0.399 e. The number of nitrogen functional groups attached to an aromatic ring is 1. The second-order valence-electron chi connectivity index (χ2n) is 4.11. The number of amides is 1. The zero-order valence-corrected chi connectivity index (χ0v) is 11.2. The van der Waals surface area contributed by atoms with E-state index in [0.29, 0.717) is 22.9 Å². The van der Waals surface area contributed by atoms with E-state index < -0.39 is 0 Å². The van der Waals surface area contributed by atoms with E-state index in [9.17, 15) is 4.79 Å². The molecule has 0 heterocycles. The number of anilines is 2. The largest absolute Gasteiger partial charge is 0.399 e. The molecule has 1 atom stereocenters. The fraction of sp³-hybridized carbons (Fsp3) is 0.417. The Morgan fingerprint density at radius 3 is 2.83 bits per heavy atom. The molecule has 0 fully saturated rings. The number of benzene rings is 1. The Balaban J connectivity index is 2.69. The van der Waals surface area contributed by atoms with Crippen LogP contribution in [0.25, 0.3) is 0 Å². The van der Waals surface area contributed by atoms with Crippen LogP contribution in [0.2, 0.25) is 5.02 Å². The van der Waals surface area contributed by atoms with Crippen LogP contribution in [0.4, 0.5) is 11.4 Å². The summed E-state index contributed by atoms with van der Waals surface area (Å²) in [7, 11) is 1.77. The lowest BCUT2D eigenvalue weighted by atomic mass is 10.2. The van der Waals surface area contributed by atoms with Crippen LogP contribution in [0.3, 0.4) is 0 Å². The van der Waals surface area contributed by atoms with Crippen LogP contribution < -0.4 is 11.1 Å². The lowest BCUT2D eigenvalue weighted by Gasteiger charge is -2.23. The molecule has 6 heteroatoms. The van der Waals surface area contributed by atoms with Crippen molar-refractivity contribution in [3.8, 4) is 0 Å². The molecule has 1 unspecified atom stereocenters. The molecule has 0 spiro atoms. The maximum atomic E-state index is 11.9. The third-order valence-electron chi connectivity index (χ3n) is 2.74. The highest BCUT2D eigenvalue weighted by molar-refractivity contribution is 6.34. The minimum absolute atomic E-state index is 0.0107. The van der Waals surface area contributed by atoms with Crippen LogP contribution in [0.15, 0.2) is 18.2 Å². The number of likely N-dealkylation sites (N-methyl/N-ethyl adjacent to an activating group) is 1.